The third-order valence-electron chi connectivity index (χ3n) is 5.83. The number of aliphatic carboxylic acids is 1. The molecule has 2 aromatic rings. The molecule has 0 aliphatic rings. The summed E-state index contributed by atoms with van der Waals surface area (Å²) in [5.74, 6) is -3.18. The number of carboxylic acids is 1. The molecule has 0 heterocycles. The smallest absolute Gasteiger partial charge is 0.408 e. The maximum atomic E-state index is 13.0. The van der Waals surface area contributed by atoms with Gasteiger partial charge in [-0.25, -0.2) is 4.79 Å². The molecule has 0 fully saturated rings. The highest BCUT2D eigenvalue weighted by molar-refractivity contribution is 5.95. The number of ketones is 1. The lowest BCUT2D eigenvalue weighted by atomic mass is 10.0. The molecule has 0 bridgehead atoms. The quantitative estimate of drug-likeness (QED) is 0.138. The first-order valence-electron chi connectivity index (χ1n) is 12.7. The van der Waals surface area contributed by atoms with Crippen molar-refractivity contribution in [2.24, 2.45) is 11.7 Å². The number of rotatable bonds is 16. The Morgan fingerprint density at radius 3 is 2.05 bits per heavy atom. The number of hydrogen-bond donors (Lipinski definition) is 4. The predicted molar refractivity (Wildman–Crippen MR) is 146 cm³/mol. The van der Waals surface area contributed by atoms with Crippen LogP contribution < -0.4 is 16.4 Å². The molecule has 2 atom stereocenters. The minimum atomic E-state index is -1.46. The summed E-state index contributed by atoms with van der Waals surface area (Å²) in [6, 6.07) is 15.5. The van der Waals surface area contributed by atoms with E-state index in [0.717, 1.165) is 11.1 Å². The Bertz CT molecular complexity index is 1180. The molecule has 5 N–H and O–H groups in total. The van der Waals surface area contributed by atoms with Gasteiger partial charge in [0.15, 0.2) is 5.78 Å². The van der Waals surface area contributed by atoms with E-state index in [1.165, 1.54) is 0 Å². The number of nitrogens with two attached hydrogens (primary N) is 1. The summed E-state index contributed by atoms with van der Waals surface area (Å²) in [7, 11) is 0. The van der Waals surface area contributed by atoms with Crippen LogP contribution in [0.3, 0.4) is 0 Å². The lowest BCUT2D eigenvalue weighted by Gasteiger charge is -2.24. The maximum Gasteiger partial charge on any atom is 0.408 e. The third kappa shape index (κ3) is 10.7. The third-order valence-corrected chi connectivity index (χ3v) is 5.83. The minimum Gasteiger partial charge on any atom is -0.488 e. The standard InChI is InChI=1S/C29H35N3O8/c1-19(2)27(32-29(38)40-17-21-11-7-4-8-12-21)28(37)31-23(14-26(35)36)24(34)18-39-25(15-30)22(16-33)13-20-9-5-3-6-10-20/h3-12,16,19,23,27H,13-15,17-18,30H2,1-2H3,(H,31,37)(H,32,38)(H,35,36)/b25-22+/t23-,27-/m0/s1. The highest BCUT2D eigenvalue weighted by Crippen LogP contribution is 2.12. The van der Waals surface area contributed by atoms with Gasteiger partial charge in [0.1, 0.15) is 37.3 Å². The molecule has 0 aliphatic heterocycles. The topological polar surface area (TPSA) is 174 Å². The average molecular weight is 554 g/mol. The molecule has 2 rings (SSSR count). The van der Waals surface area contributed by atoms with Crippen LogP contribution in [0.4, 0.5) is 4.79 Å². The van der Waals surface area contributed by atoms with E-state index in [4.69, 9.17) is 15.2 Å². The Balaban J connectivity index is 2.06. The van der Waals surface area contributed by atoms with Crippen LogP contribution in [0.1, 0.15) is 31.4 Å². The summed E-state index contributed by atoms with van der Waals surface area (Å²) in [6.45, 7) is 2.53. The van der Waals surface area contributed by atoms with Gasteiger partial charge in [-0.1, -0.05) is 74.5 Å². The van der Waals surface area contributed by atoms with Crippen molar-refractivity contribution < 1.29 is 38.6 Å². The van der Waals surface area contributed by atoms with Gasteiger partial charge in [-0.05, 0) is 17.0 Å². The summed E-state index contributed by atoms with van der Waals surface area (Å²) in [6.07, 6.45) is -0.752. The lowest BCUT2D eigenvalue weighted by Crippen LogP contribution is -2.54. The van der Waals surface area contributed by atoms with Crippen molar-refractivity contribution in [3.8, 4) is 0 Å². The van der Waals surface area contributed by atoms with E-state index in [1.807, 2.05) is 36.4 Å². The molecule has 0 aliphatic carbocycles. The van der Waals surface area contributed by atoms with Crippen molar-refractivity contribution >= 4 is 30.0 Å². The van der Waals surface area contributed by atoms with Gasteiger partial charge in [-0.3, -0.25) is 19.2 Å². The number of aldehydes is 1. The molecule has 0 saturated carbocycles. The zero-order valence-corrected chi connectivity index (χ0v) is 22.5. The Labute approximate surface area is 232 Å². The summed E-state index contributed by atoms with van der Waals surface area (Å²) in [5.41, 5.74) is 7.56. The number of Topliss-reactive ketones (excluding diaryl/α,β-unsaturated/α-hetero) is 1. The molecule has 11 nitrogen and oxygen atoms in total. The molecule has 0 saturated heterocycles. The number of carbonyl (C=O) groups excluding carboxylic acids is 4. The number of hydrogen-bond acceptors (Lipinski definition) is 8. The molecular formula is C29H35N3O8. The van der Waals surface area contributed by atoms with Crippen LogP contribution in [-0.4, -0.2) is 60.4 Å². The van der Waals surface area contributed by atoms with Crippen molar-refractivity contribution in [2.75, 3.05) is 13.2 Å². The SMILES string of the molecule is CC(C)[C@H](NC(=O)OCc1ccccc1)C(=O)N[C@@H](CC(=O)O)C(=O)CO/C(CN)=C(/C=O)Cc1ccccc1. The van der Waals surface area contributed by atoms with Gasteiger partial charge < -0.3 is 30.9 Å². The molecule has 2 aromatic carbocycles. The number of nitrogens with one attached hydrogen (secondary N) is 2. The molecule has 11 heteroatoms. The second-order valence-electron chi connectivity index (χ2n) is 9.27. The summed E-state index contributed by atoms with van der Waals surface area (Å²) >= 11 is 0. The molecule has 0 radical (unpaired) electrons. The summed E-state index contributed by atoms with van der Waals surface area (Å²) < 4.78 is 10.7. The zero-order valence-electron chi connectivity index (χ0n) is 22.5. The molecule has 40 heavy (non-hydrogen) atoms. The van der Waals surface area contributed by atoms with Gasteiger partial charge in [0, 0.05) is 12.0 Å². The lowest BCUT2D eigenvalue weighted by molar-refractivity contribution is -0.141. The largest absolute Gasteiger partial charge is 0.488 e. The minimum absolute atomic E-state index is 0.0133. The van der Waals surface area contributed by atoms with E-state index in [0.29, 0.717) is 6.29 Å². The molecule has 214 valence electrons. The number of alkyl carbamates (subject to hydrolysis) is 1. The summed E-state index contributed by atoms with van der Waals surface area (Å²) in [4.78, 5) is 61.4. The first-order valence-corrected chi connectivity index (χ1v) is 12.7. The Kier molecular flexibility index (Phi) is 13.0. The highest BCUT2D eigenvalue weighted by Gasteiger charge is 2.30. The normalized spacial score (nSPS) is 12.9. The molecule has 0 unspecified atom stereocenters. The van der Waals surface area contributed by atoms with Gasteiger partial charge in [0.25, 0.3) is 0 Å². The Morgan fingerprint density at radius 2 is 1.52 bits per heavy atom. The van der Waals surface area contributed by atoms with Crippen molar-refractivity contribution in [1.82, 2.24) is 10.6 Å². The van der Waals surface area contributed by atoms with Crippen molar-refractivity contribution in [2.45, 2.75) is 45.4 Å². The Morgan fingerprint density at radius 1 is 0.925 bits per heavy atom. The zero-order chi connectivity index (χ0) is 29.5. The fraction of sp³-hybridized carbons (Fsp3) is 0.345. The first kappa shape index (κ1) is 31.7. The first-order chi connectivity index (χ1) is 19.1. The highest BCUT2D eigenvalue weighted by atomic mass is 16.5. The number of amides is 2. The average Bonchev–Trinajstić information content (AvgIpc) is 2.94. The van der Waals surface area contributed by atoms with E-state index in [1.54, 1.807) is 38.1 Å². The van der Waals surface area contributed by atoms with Crippen LogP contribution in [-0.2, 0) is 41.7 Å². The molecule has 0 aromatic heterocycles. The van der Waals surface area contributed by atoms with Gasteiger partial charge in [0.05, 0.1) is 13.0 Å². The molecular weight excluding hydrogens is 518 g/mol. The second kappa shape index (κ2) is 16.5. The van der Waals surface area contributed by atoms with Crippen LogP contribution in [0.5, 0.6) is 0 Å². The van der Waals surface area contributed by atoms with Crippen molar-refractivity contribution in [3.63, 3.8) is 0 Å². The van der Waals surface area contributed by atoms with Crippen molar-refractivity contribution in [3.05, 3.63) is 83.1 Å². The van der Waals surface area contributed by atoms with E-state index >= 15 is 0 Å². The van der Waals surface area contributed by atoms with Gasteiger partial charge in [0.2, 0.25) is 5.91 Å². The monoisotopic (exact) mass is 553 g/mol. The van der Waals surface area contributed by atoms with E-state index in [2.05, 4.69) is 10.6 Å². The fourth-order valence-corrected chi connectivity index (χ4v) is 3.67. The van der Waals surface area contributed by atoms with Crippen LogP contribution in [0.25, 0.3) is 0 Å². The van der Waals surface area contributed by atoms with Crippen LogP contribution in [0, 0.1) is 5.92 Å². The van der Waals surface area contributed by atoms with E-state index in [-0.39, 0.29) is 30.9 Å². The maximum absolute atomic E-state index is 13.0. The number of allylic oxidation sites excluding steroid dienone is 1. The number of carbonyl (C=O) groups is 5. The Hall–Kier alpha value is -4.51. The van der Waals surface area contributed by atoms with Gasteiger partial charge >= 0.3 is 12.1 Å². The van der Waals surface area contributed by atoms with Crippen LogP contribution >= 0.6 is 0 Å². The van der Waals surface area contributed by atoms with Crippen LogP contribution in [0.2, 0.25) is 0 Å². The fourth-order valence-electron chi connectivity index (χ4n) is 3.67. The number of carboxylic acid groups (broad SMARTS) is 1. The van der Waals surface area contributed by atoms with E-state index in [9.17, 15) is 29.1 Å². The predicted octanol–water partition coefficient (Wildman–Crippen LogP) is 2.14. The van der Waals surface area contributed by atoms with Crippen LogP contribution in [0.15, 0.2) is 72.0 Å². The number of benzene rings is 2. The number of ether oxygens (including phenoxy) is 2. The van der Waals surface area contributed by atoms with Crippen molar-refractivity contribution in [1.29, 1.82) is 0 Å². The van der Waals surface area contributed by atoms with Gasteiger partial charge in [-0.2, -0.15) is 0 Å². The molecule has 2 amide bonds. The second-order valence-corrected chi connectivity index (χ2v) is 9.27. The molecule has 0 spiro atoms. The van der Waals surface area contributed by atoms with Gasteiger partial charge in [-0.15, -0.1) is 0 Å². The summed E-state index contributed by atoms with van der Waals surface area (Å²) in [5, 5.41) is 14.2. The van der Waals surface area contributed by atoms with E-state index < -0.39 is 54.8 Å².